The first-order valence-corrected chi connectivity index (χ1v) is 7.81. The van der Waals surface area contributed by atoms with Gasteiger partial charge in [-0.05, 0) is 64.7 Å². The average Bonchev–Trinajstić information content (AvgIpc) is 2.32. The molecule has 2 heteroatoms. The summed E-state index contributed by atoms with van der Waals surface area (Å²) in [7, 11) is 0. The molecule has 1 rings (SSSR count). The monoisotopic (exact) mass is 277 g/mol. The fourth-order valence-corrected chi connectivity index (χ4v) is 2.47. The molecule has 0 spiro atoms. The zero-order valence-corrected chi connectivity index (χ0v) is 13.8. The van der Waals surface area contributed by atoms with Crippen LogP contribution in [0.25, 0.3) is 0 Å². The Hall–Kier alpha value is -1.02. The third kappa shape index (κ3) is 5.96. The maximum Gasteiger partial charge on any atom is 0.115 e. The lowest BCUT2D eigenvalue weighted by molar-refractivity contribution is 0.0253. The molecular weight excluding hydrogens is 246 g/mol. The molecule has 114 valence electrons. The Morgan fingerprint density at radius 2 is 2.00 bits per heavy atom. The van der Waals surface area contributed by atoms with Crippen molar-refractivity contribution in [2.24, 2.45) is 0 Å². The van der Waals surface area contributed by atoms with Gasteiger partial charge in [0.15, 0.2) is 0 Å². The predicted octanol–water partition coefficient (Wildman–Crippen LogP) is 4.74. The molecule has 0 saturated heterocycles. The van der Waals surface area contributed by atoms with Gasteiger partial charge in [0.2, 0.25) is 0 Å². The molecule has 1 saturated carbocycles. The van der Waals surface area contributed by atoms with Crippen LogP contribution in [0.4, 0.5) is 0 Å². The van der Waals surface area contributed by atoms with Crippen LogP contribution in [0.2, 0.25) is 0 Å². The summed E-state index contributed by atoms with van der Waals surface area (Å²) in [5.74, 6) is 0.979. The van der Waals surface area contributed by atoms with Gasteiger partial charge in [-0.1, -0.05) is 26.0 Å². The van der Waals surface area contributed by atoms with Gasteiger partial charge < -0.3 is 10.1 Å². The van der Waals surface area contributed by atoms with Crippen LogP contribution in [0.15, 0.2) is 36.1 Å². The van der Waals surface area contributed by atoms with Crippen LogP contribution in [0.3, 0.4) is 0 Å². The van der Waals surface area contributed by atoms with Crippen molar-refractivity contribution in [1.29, 1.82) is 0 Å². The number of rotatable bonds is 7. The van der Waals surface area contributed by atoms with Crippen LogP contribution in [-0.2, 0) is 4.74 Å². The fourth-order valence-electron chi connectivity index (χ4n) is 2.47. The van der Waals surface area contributed by atoms with E-state index in [2.05, 4.69) is 45.7 Å². The third-order valence-electron chi connectivity index (χ3n) is 3.45. The molecule has 1 N–H and O–H groups in total. The molecule has 1 aliphatic carbocycles. The van der Waals surface area contributed by atoms with Gasteiger partial charge in [-0.3, -0.25) is 0 Å². The topological polar surface area (TPSA) is 21.3 Å². The quantitative estimate of drug-likeness (QED) is 0.536. The molecule has 1 fully saturated rings. The molecule has 0 bridgehead atoms. The Morgan fingerprint density at radius 1 is 1.35 bits per heavy atom. The Kier molecular flexibility index (Phi) is 6.54. The van der Waals surface area contributed by atoms with Gasteiger partial charge in [0, 0.05) is 11.6 Å². The van der Waals surface area contributed by atoms with Gasteiger partial charge in [0.05, 0.1) is 0 Å². The summed E-state index contributed by atoms with van der Waals surface area (Å²) in [5, 5.41) is 3.62. The number of nitrogens with one attached hydrogen (secondary N) is 1. The summed E-state index contributed by atoms with van der Waals surface area (Å²) in [6.07, 6.45) is 10.8. The van der Waals surface area contributed by atoms with E-state index in [0.29, 0.717) is 12.1 Å². The van der Waals surface area contributed by atoms with E-state index in [4.69, 9.17) is 4.74 Å². The molecule has 0 aromatic carbocycles. The van der Waals surface area contributed by atoms with Gasteiger partial charge >= 0.3 is 0 Å². The summed E-state index contributed by atoms with van der Waals surface area (Å²) in [6, 6.07) is 0.594. The molecule has 0 heterocycles. The predicted molar refractivity (Wildman–Crippen MR) is 87.7 cm³/mol. The van der Waals surface area contributed by atoms with E-state index >= 15 is 0 Å². The van der Waals surface area contributed by atoms with Crippen LogP contribution < -0.4 is 5.32 Å². The van der Waals surface area contributed by atoms with Crippen molar-refractivity contribution in [2.45, 2.75) is 78.0 Å². The van der Waals surface area contributed by atoms with Crippen LogP contribution >= 0.6 is 0 Å². The van der Waals surface area contributed by atoms with Crippen LogP contribution in [-0.4, -0.2) is 17.7 Å². The minimum absolute atomic E-state index is 0.191. The number of ether oxygens (including phenoxy) is 1. The largest absolute Gasteiger partial charge is 0.491 e. The lowest BCUT2D eigenvalue weighted by Gasteiger charge is -2.40. The summed E-state index contributed by atoms with van der Waals surface area (Å²) in [4.78, 5) is 0. The van der Waals surface area contributed by atoms with Gasteiger partial charge in [-0.25, -0.2) is 0 Å². The molecule has 0 aliphatic heterocycles. The smallest absolute Gasteiger partial charge is 0.115 e. The zero-order valence-electron chi connectivity index (χ0n) is 13.8. The van der Waals surface area contributed by atoms with Crippen LogP contribution in [0.1, 0.15) is 60.3 Å². The van der Waals surface area contributed by atoms with Crippen molar-refractivity contribution in [3.8, 4) is 0 Å². The summed E-state index contributed by atoms with van der Waals surface area (Å²) in [5.41, 5.74) is 1.44. The minimum Gasteiger partial charge on any atom is -0.491 e. The Bertz CT molecular complexity index is 367. The molecule has 0 aromatic heterocycles. The minimum atomic E-state index is 0.191. The van der Waals surface area contributed by atoms with Crippen molar-refractivity contribution in [1.82, 2.24) is 5.32 Å². The maximum absolute atomic E-state index is 6.06. The SMILES string of the molecule is C=C/C(=C\C(=C/C)OC1CC(NC(C)(C)C)C1)CCC. The molecule has 0 aromatic rings. The van der Waals surface area contributed by atoms with Crippen LogP contribution in [0.5, 0.6) is 0 Å². The second kappa shape index (κ2) is 7.68. The summed E-state index contributed by atoms with van der Waals surface area (Å²) in [6.45, 7) is 14.7. The molecule has 2 nitrogen and oxygen atoms in total. The van der Waals surface area contributed by atoms with Crippen molar-refractivity contribution in [3.05, 3.63) is 36.1 Å². The molecule has 0 atom stereocenters. The Balaban J connectivity index is 2.43. The molecule has 20 heavy (non-hydrogen) atoms. The first-order chi connectivity index (χ1) is 9.37. The Labute approximate surface area is 125 Å². The van der Waals surface area contributed by atoms with Crippen molar-refractivity contribution in [3.63, 3.8) is 0 Å². The zero-order chi connectivity index (χ0) is 15.2. The molecule has 0 radical (unpaired) electrons. The summed E-state index contributed by atoms with van der Waals surface area (Å²) < 4.78 is 6.06. The van der Waals surface area contributed by atoms with Gasteiger partial charge in [0.25, 0.3) is 0 Å². The Morgan fingerprint density at radius 3 is 2.45 bits per heavy atom. The molecule has 0 amide bonds. The normalized spacial score (nSPS) is 24.2. The second-order valence-corrected chi connectivity index (χ2v) is 6.67. The highest BCUT2D eigenvalue weighted by Gasteiger charge is 2.33. The number of hydrogen-bond donors (Lipinski definition) is 1. The highest BCUT2D eigenvalue weighted by Crippen LogP contribution is 2.28. The third-order valence-corrected chi connectivity index (χ3v) is 3.45. The van der Waals surface area contributed by atoms with Gasteiger partial charge in [-0.15, -0.1) is 0 Å². The van der Waals surface area contributed by atoms with E-state index in [1.54, 1.807) is 0 Å². The van der Waals surface area contributed by atoms with Crippen LogP contribution in [0, 0.1) is 0 Å². The van der Waals surface area contributed by atoms with Gasteiger partial charge in [-0.2, -0.15) is 0 Å². The van der Waals surface area contributed by atoms with E-state index in [9.17, 15) is 0 Å². The molecular formula is C18H31NO. The van der Waals surface area contributed by atoms with E-state index in [-0.39, 0.29) is 5.54 Å². The standard InChI is InChI=1S/C18H31NO/c1-7-10-14(8-2)11-16(9-3)20-17-12-15(13-17)19-18(4,5)6/h8-9,11,15,17,19H,2,7,10,12-13H2,1,3-6H3/b14-11+,16-9+. The van der Waals surface area contributed by atoms with E-state index < -0.39 is 0 Å². The first-order valence-electron chi connectivity index (χ1n) is 7.81. The number of allylic oxidation sites excluding steroid dienone is 4. The summed E-state index contributed by atoms with van der Waals surface area (Å²) >= 11 is 0. The van der Waals surface area contributed by atoms with E-state index in [1.807, 2.05) is 19.1 Å². The average molecular weight is 277 g/mol. The highest BCUT2D eigenvalue weighted by atomic mass is 16.5. The molecule has 0 unspecified atom stereocenters. The second-order valence-electron chi connectivity index (χ2n) is 6.67. The van der Waals surface area contributed by atoms with Crippen molar-refractivity contribution in [2.75, 3.05) is 0 Å². The first kappa shape index (κ1) is 17.0. The number of hydrogen-bond acceptors (Lipinski definition) is 2. The highest BCUT2D eigenvalue weighted by molar-refractivity contribution is 5.26. The lowest BCUT2D eigenvalue weighted by Crippen LogP contribution is -2.52. The molecule has 1 aliphatic rings. The van der Waals surface area contributed by atoms with E-state index in [1.165, 1.54) is 5.57 Å². The van der Waals surface area contributed by atoms with Crippen molar-refractivity contribution >= 4 is 0 Å². The van der Waals surface area contributed by atoms with Crippen molar-refractivity contribution < 1.29 is 4.74 Å². The van der Waals surface area contributed by atoms with Gasteiger partial charge in [0.1, 0.15) is 11.9 Å². The lowest BCUT2D eigenvalue weighted by atomic mass is 9.87. The fraction of sp³-hybridized carbons (Fsp3) is 0.667. The van der Waals surface area contributed by atoms with E-state index in [0.717, 1.165) is 31.4 Å². The maximum atomic E-state index is 6.06.